The lowest BCUT2D eigenvalue weighted by molar-refractivity contribution is 0.201. The van der Waals surface area contributed by atoms with Crippen molar-refractivity contribution in [3.63, 3.8) is 0 Å². The van der Waals surface area contributed by atoms with Gasteiger partial charge in [0, 0.05) is 17.0 Å². The van der Waals surface area contributed by atoms with Gasteiger partial charge in [0.15, 0.2) is 0 Å². The van der Waals surface area contributed by atoms with Crippen molar-refractivity contribution in [2.45, 2.75) is 13.0 Å². The molecule has 0 saturated carbocycles. The first-order chi connectivity index (χ1) is 8.27. The molecule has 0 aliphatic rings. The maximum atomic E-state index is 9.85. The molecule has 1 atom stereocenters. The van der Waals surface area contributed by atoms with Crippen LogP contribution in [0.25, 0.3) is 21.7 Å². The minimum absolute atomic E-state index is 0.480. The zero-order valence-electron chi connectivity index (χ0n) is 9.59. The summed E-state index contributed by atoms with van der Waals surface area (Å²) in [6.07, 6.45) is 1.31. The number of nitrogens with zero attached hydrogens (tertiary/aromatic N) is 1. The highest BCUT2D eigenvalue weighted by atomic mass is 16.3. The number of hydrogen-bond acceptors (Lipinski definition) is 2. The van der Waals surface area contributed by atoms with E-state index in [0.29, 0.717) is 0 Å². The van der Waals surface area contributed by atoms with Gasteiger partial charge in [-0.15, -0.1) is 0 Å². The van der Waals surface area contributed by atoms with Gasteiger partial charge >= 0.3 is 0 Å². The van der Waals surface area contributed by atoms with Gasteiger partial charge in [-0.05, 0) is 30.0 Å². The van der Waals surface area contributed by atoms with Crippen LogP contribution in [0.3, 0.4) is 0 Å². The monoisotopic (exact) mass is 223 g/mol. The van der Waals surface area contributed by atoms with Crippen LogP contribution in [0, 0.1) is 0 Å². The third-order valence-electron chi connectivity index (χ3n) is 3.10. The lowest BCUT2D eigenvalue weighted by Crippen LogP contribution is -1.94. The Bertz CT molecular complexity index is 689. The zero-order chi connectivity index (χ0) is 11.8. The molecule has 1 aromatic heterocycles. The molecule has 17 heavy (non-hydrogen) atoms. The molecule has 84 valence electrons. The van der Waals surface area contributed by atoms with Crippen LogP contribution in [0.15, 0.2) is 48.7 Å². The number of aromatic nitrogens is 1. The molecule has 1 N–H and O–H groups in total. The fourth-order valence-corrected chi connectivity index (χ4v) is 2.28. The van der Waals surface area contributed by atoms with E-state index in [1.165, 1.54) is 0 Å². The second-order valence-electron chi connectivity index (χ2n) is 4.26. The average Bonchev–Trinajstić information content (AvgIpc) is 2.37. The van der Waals surface area contributed by atoms with Gasteiger partial charge in [-0.2, -0.15) is 0 Å². The first kappa shape index (κ1) is 10.2. The molecule has 0 saturated heterocycles. The number of hydrogen-bond donors (Lipinski definition) is 1. The summed E-state index contributed by atoms with van der Waals surface area (Å²) in [6.45, 7) is 1.79. The van der Waals surface area contributed by atoms with Gasteiger partial charge in [-0.1, -0.05) is 30.3 Å². The fraction of sp³-hybridized carbons (Fsp3) is 0.133. The third kappa shape index (κ3) is 1.58. The second-order valence-corrected chi connectivity index (χ2v) is 4.26. The molecule has 3 rings (SSSR count). The number of aliphatic hydroxyl groups is 1. The van der Waals surface area contributed by atoms with Crippen molar-refractivity contribution in [1.29, 1.82) is 0 Å². The molecule has 0 amide bonds. The van der Waals surface area contributed by atoms with E-state index >= 15 is 0 Å². The summed E-state index contributed by atoms with van der Waals surface area (Å²) in [7, 11) is 0. The van der Waals surface area contributed by atoms with Gasteiger partial charge in [0.1, 0.15) is 0 Å². The van der Waals surface area contributed by atoms with E-state index in [2.05, 4.69) is 17.1 Å². The standard InChI is InChI=1S/C15H13NO/c1-10(17)14-9-11-5-2-3-6-12(11)15-13(14)7-4-8-16-15/h2-10,17H,1H3. The maximum Gasteiger partial charge on any atom is 0.0784 e. The lowest BCUT2D eigenvalue weighted by Gasteiger charge is -2.11. The van der Waals surface area contributed by atoms with E-state index in [1.54, 1.807) is 13.1 Å². The Kier molecular flexibility index (Phi) is 2.30. The van der Waals surface area contributed by atoms with E-state index in [1.807, 2.05) is 30.3 Å². The summed E-state index contributed by atoms with van der Waals surface area (Å²) >= 11 is 0. The summed E-state index contributed by atoms with van der Waals surface area (Å²) in [5.74, 6) is 0. The average molecular weight is 223 g/mol. The molecule has 0 radical (unpaired) electrons. The molecule has 2 aromatic carbocycles. The highest BCUT2D eigenvalue weighted by Gasteiger charge is 2.10. The van der Waals surface area contributed by atoms with Crippen molar-refractivity contribution >= 4 is 21.7 Å². The first-order valence-corrected chi connectivity index (χ1v) is 5.72. The van der Waals surface area contributed by atoms with Crippen molar-refractivity contribution in [1.82, 2.24) is 4.98 Å². The van der Waals surface area contributed by atoms with Gasteiger partial charge < -0.3 is 5.11 Å². The summed E-state index contributed by atoms with van der Waals surface area (Å²) in [4.78, 5) is 4.44. The predicted octanol–water partition coefficient (Wildman–Crippen LogP) is 3.44. The molecule has 2 nitrogen and oxygen atoms in total. The number of aliphatic hydroxyl groups excluding tert-OH is 1. The fourth-order valence-electron chi connectivity index (χ4n) is 2.28. The van der Waals surface area contributed by atoms with Crippen LogP contribution in [0.1, 0.15) is 18.6 Å². The van der Waals surface area contributed by atoms with Crippen molar-refractivity contribution in [2.24, 2.45) is 0 Å². The van der Waals surface area contributed by atoms with Crippen molar-refractivity contribution < 1.29 is 5.11 Å². The second kappa shape index (κ2) is 3.82. The summed E-state index contributed by atoms with van der Waals surface area (Å²) in [5, 5.41) is 13.1. The van der Waals surface area contributed by atoms with Crippen LogP contribution in [0.4, 0.5) is 0 Å². The van der Waals surface area contributed by atoms with Gasteiger partial charge in [0.2, 0.25) is 0 Å². The Balaban J connectivity index is 2.55. The highest BCUT2D eigenvalue weighted by Crippen LogP contribution is 2.30. The van der Waals surface area contributed by atoms with Crippen molar-refractivity contribution in [3.05, 3.63) is 54.2 Å². The third-order valence-corrected chi connectivity index (χ3v) is 3.10. The van der Waals surface area contributed by atoms with Crippen LogP contribution in [-0.4, -0.2) is 10.1 Å². The van der Waals surface area contributed by atoms with E-state index < -0.39 is 6.10 Å². The van der Waals surface area contributed by atoms with Crippen molar-refractivity contribution in [2.75, 3.05) is 0 Å². The molecule has 2 heteroatoms. The van der Waals surface area contributed by atoms with E-state index in [4.69, 9.17) is 0 Å². The molecular weight excluding hydrogens is 210 g/mol. The number of pyridine rings is 1. The Morgan fingerprint density at radius 1 is 1.06 bits per heavy atom. The SMILES string of the molecule is CC(O)c1cc2ccccc2c2ncccc12. The van der Waals surface area contributed by atoms with Crippen LogP contribution < -0.4 is 0 Å². The molecule has 1 unspecified atom stereocenters. The molecule has 0 spiro atoms. The smallest absolute Gasteiger partial charge is 0.0784 e. The first-order valence-electron chi connectivity index (χ1n) is 5.72. The van der Waals surface area contributed by atoms with Gasteiger partial charge in [-0.3, -0.25) is 4.98 Å². The van der Waals surface area contributed by atoms with E-state index in [-0.39, 0.29) is 0 Å². The summed E-state index contributed by atoms with van der Waals surface area (Å²) in [5.41, 5.74) is 1.90. The minimum Gasteiger partial charge on any atom is -0.389 e. The minimum atomic E-state index is -0.480. The van der Waals surface area contributed by atoms with Gasteiger partial charge in [0.05, 0.1) is 11.6 Å². The van der Waals surface area contributed by atoms with Crippen LogP contribution >= 0.6 is 0 Å². The van der Waals surface area contributed by atoms with E-state index in [9.17, 15) is 5.11 Å². The zero-order valence-corrected chi connectivity index (χ0v) is 9.59. The van der Waals surface area contributed by atoms with Gasteiger partial charge in [0.25, 0.3) is 0 Å². The predicted molar refractivity (Wildman–Crippen MR) is 69.9 cm³/mol. The Morgan fingerprint density at radius 2 is 1.82 bits per heavy atom. The van der Waals surface area contributed by atoms with Gasteiger partial charge in [-0.25, -0.2) is 0 Å². The van der Waals surface area contributed by atoms with Crippen LogP contribution in [0.2, 0.25) is 0 Å². The largest absolute Gasteiger partial charge is 0.389 e. The van der Waals surface area contributed by atoms with Crippen molar-refractivity contribution in [3.8, 4) is 0 Å². The molecule has 0 bridgehead atoms. The number of benzene rings is 2. The Hall–Kier alpha value is -1.93. The molecule has 1 heterocycles. The maximum absolute atomic E-state index is 9.85. The van der Waals surface area contributed by atoms with Crippen LogP contribution in [0.5, 0.6) is 0 Å². The molecule has 3 aromatic rings. The molecule has 0 aliphatic carbocycles. The quantitative estimate of drug-likeness (QED) is 0.641. The summed E-state index contributed by atoms with van der Waals surface area (Å²) in [6, 6.07) is 14.1. The number of rotatable bonds is 1. The Labute approximate surface area is 99.5 Å². The molecule has 0 aliphatic heterocycles. The molecular formula is C15H13NO. The topological polar surface area (TPSA) is 33.1 Å². The summed E-state index contributed by atoms with van der Waals surface area (Å²) < 4.78 is 0. The Morgan fingerprint density at radius 3 is 2.65 bits per heavy atom. The number of fused-ring (bicyclic) bond motifs is 3. The molecule has 0 fully saturated rings. The lowest BCUT2D eigenvalue weighted by atomic mass is 9.98. The normalized spacial score (nSPS) is 13.1. The van der Waals surface area contributed by atoms with E-state index in [0.717, 1.165) is 27.2 Å². The highest BCUT2D eigenvalue weighted by molar-refractivity contribution is 6.06. The van der Waals surface area contributed by atoms with Crippen LogP contribution in [-0.2, 0) is 0 Å².